The molecule has 1 saturated carbocycles. The zero-order valence-corrected chi connectivity index (χ0v) is 19.3. The van der Waals surface area contributed by atoms with Crippen molar-refractivity contribution in [1.29, 1.82) is 0 Å². The number of aromatic nitrogens is 4. The Balaban J connectivity index is 1.18. The van der Waals surface area contributed by atoms with Crippen LogP contribution in [0.2, 0.25) is 0 Å². The fraction of sp³-hybridized carbons (Fsp3) is 0.407. The Morgan fingerprint density at radius 2 is 1.82 bits per heavy atom. The van der Waals surface area contributed by atoms with E-state index in [1.54, 1.807) is 12.7 Å². The van der Waals surface area contributed by atoms with Crippen molar-refractivity contribution < 1.29 is 5.11 Å². The van der Waals surface area contributed by atoms with Crippen molar-refractivity contribution in [3.8, 4) is 5.69 Å². The Bertz CT molecular complexity index is 1150. The average Bonchev–Trinajstić information content (AvgIpc) is 3.54. The summed E-state index contributed by atoms with van der Waals surface area (Å²) in [6, 6.07) is 17.5. The number of hydrogen-bond acceptors (Lipinski definition) is 4. The van der Waals surface area contributed by atoms with Crippen LogP contribution >= 0.6 is 0 Å². The highest BCUT2D eigenvalue weighted by Crippen LogP contribution is 2.34. The third kappa shape index (κ3) is 4.72. The van der Waals surface area contributed by atoms with Crippen LogP contribution < -0.4 is 0 Å². The van der Waals surface area contributed by atoms with E-state index in [-0.39, 0.29) is 12.6 Å². The van der Waals surface area contributed by atoms with Crippen LogP contribution in [0.5, 0.6) is 0 Å². The van der Waals surface area contributed by atoms with E-state index in [4.69, 9.17) is 0 Å². The molecule has 0 amide bonds. The molecule has 0 spiro atoms. The lowest BCUT2D eigenvalue weighted by Gasteiger charge is -2.39. The Morgan fingerprint density at radius 3 is 2.55 bits per heavy atom. The van der Waals surface area contributed by atoms with Gasteiger partial charge in [-0.05, 0) is 80.8 Å². The first kappa shape index (κ1) is 21.9. The molecule has 0 bridgehead atoms. The molecular formula is C27H33N5O. The number of benzene rings is 2. The van der Waals surface area contributed by atoms with E-state index in [0.29, 0.717) is 6.04 Å². The summed E-state index contributed by atoms with van der Waals surface area (Å²) in [5.41, 5.74) is 4.87. The van der Waals surface area contributed by atoms with Crippen LogP contribution in [0.25, 0.3) is 16.6 Å². The second-order valence-electron chi connectivity index (χ2n) is 9.40. The normalized spacial score (nSPS) is 19.8. The van der Waals surface area contributed by atoms with E-state index in [1.807, 2.05) is 10.6 Å². The van der Waals surface area contributed by atoms with Gasteiger partial charge < -0.3 is 10.1 Å². The molecule has 1 atom stereocenters. The van der Waals surface area contributed by atoms with E-state index in [2.05, 4.69) is 75.8 Å². The highest BCUT2D eigenvalue weighted by atomic mass is 16.3. The van der Waals surface area contributed by atoms with Crippen LogP contribution in [0.15, 0.2) is 67.4 Å². The molecule has 1 aliphatic carbocycles. The Morgan fingerprint density at radius 1 is 1.06 bits per heavy atom. The van der Waals surface area contributed by atoms with Gasteiger partial charge in [0.2, 0.25) is 0 Å². The number of H-pyrrole nitrogens is 1. The highest BCUT2D eigenvalue weighted by molar-refractivity contribution is 5.85. The van der Waals surface area contributed by atoms with E-state index in [1.165, 1.54) is 54.1 Å². The maximum absolute atomic E-state index is 10.0. The maximum Gasteiger partial charge on any atom is 0.123 e. The van der Waals surface area contributed by atoms with Crippen LogP contribution in [0, 0.1) is 5.92 Å². The van der Waals surface area contributed by atoms with Gasteiger partial charge >= 0.3 is 0 Å². The van der Waals surface area contributed by atoms with Crippen molar-refractivity contribution in [3.05, 3.63) is 78.5 Å². The molecule has 2 heterocycles. The van der Waals surface area contributed by atoms with Gasteiger partial charge in [0.25, 0.3) is 0 Å². The highest BCUT2D eigenvalue weighted by Gasteiger charge is 2.28. The van der Waals surface area contributed by atoms with Crippen molar-refractivity contribution in [1.82, 2.24) is 24.6 Å². The number of nitrogens with one attached hydrogen (secondary N) is 1. The Hall–Kier alpha value is -2.96. The molecule has 6 nitrogen and oxygen atoms in total. The van der Waals surface area contributed by atoms with Gasteiger partial charge in [-0.15, -0.1) is 10.2 Å². The molecular weight excluding hydrogens is 410 g/mol. The number of aliphatic hydroxyl groups excluding tert-OH is 1. The molecule has 0 unspecified atom stereocenters. The lowest BCUT2D eigenvalue weighted by atomic mass is 9.81. The van der Waals surface area contributed by atoms with Crippen LogP contribution in [0.3, 0.4) is 0 Å². The van der Waals surface area contributed by atoms with Gasteiger partial charge in [0, 0.05) is 28.8 Å². The lowest BCUT2D eigenvalue weighted by molar-refractivity contribution is 0.0788. The predicted molar refractivity (Wildman–Crippen MR) is 131 cm³/mol. The minimum absolute atomic E-state index is 0.0823. The Labute approximate surface area is 195 Å². The van der Waals surface area contributed by atoms with E-state index in [9.17, 15) is 5.11 Å². The number of aromatic amines is 1. The van der Waals surface area contributed by atoms with Gasteiger partial charge in [0.1, 0.15) is 12.7 Å². The van der Waals surface area contributed by atoms with Gasteiger partial charge in [0.05, 0.1) is 12.6 Å². The van der Waals surface area contributed by atoms with Gasteiger partial charge in [-0.3, -0.25) is 9.47 Å². The lowest BCUT2D eigenvalue weighted by Crippen LogP contribution is -2.39. The van der Waals surface area contributed by atoms with Gasteiger partial charge in [-0.25, -0.2) is 0 Å². The SMILES string of the molecule is CN([C@H]1CC[C@H](CCc2c[nH]c3ccc(-n4cnnc4)cc23)CC1)[C@H](CO)c1ccccc1. The minimum atomic E-state index is 0.0823. The summed E-state index contributed by atoms with van der Waals surface area (Å²) in [4.78, 5) is 5.83. The maximum atomic E-state index is 10.0. The first-order chi connectivity index (χ1) is 16.2. The number of hydrogen-bond donors (Lipinski definition) is 2. The van der Waals surface area contributed by atoms with Crippen molar-refractivity contribution in [2.24, 2.45) is 5.92 Å². The summed E-state index contributed by atoms with van der Waals surface area (Å²) < 4.78 is 1.95. The van der Waals surface area contributed by atoms with E-state index in [0.717, 1.165) is 18.0 Å². The molecule has 0 aliphatic heterocycles. The second kappa shape index (κ2) is 9.89. The van der Waals surface area contributed by atoms with E-state index >= 15 is 0 Å². The molecule has 5 rings (SSSR count). The Kier molecular flexibility index (Phi) is 6.55. The summed E-state index contributed by atoms with van der Waals surface area (Å²) in [7, 11) is 2.18. The molecule has 2 aromatic heterocycles. The van der Waals surface area contributed by atoms with Gasteiger partial charge in [-0.1, -0.05) is 30.3 Å². The van der Waals surface area contributed by atoms with Crippen LogP contribution in [0.4, 0.5) is 0 Å². The second-order valence-corrected chi connectivity index (χ2v) is 9.40. The van der Waals surface area contributed by atoms with Gasteiger partial charge in [0.15, 0.2) is 0 Å². The summed E-state index contributed by atoms with van der Waals surface area (Å²) in [5.74, 6) is 0.768. The number of rotatable bonds is 8. The molecule has 1 fully saturated rings. The zero-order valence-electron chi connectivity index (χ0n) is 19.3. The monoisotopic (exact) mass is 443 g/mol. The third-order valence-corrected chi connectivity index (χ3v) is 7.53. The molecule has 4 aromatic rings. The quantitative estimate of drug-likeness (QED) is 0.406. The zero-order chi connectivity index (χ0) is 22.6. The fourth-order valence-electron chi connectivity index (χ4n) is 5.47. The third-order valence-electron chi connectivity index (χ3n) is 7.53. The largest absolute Gasteiger partial charge is 0.394 e. The summed E-state index contributed by atoms with van der Waals surface area (Å²) >= 11 is 0. The number of likely N-dealkylation sites (N-methyl/N-ethyl adjacent to an activating group) is 1. The summed E-state index contributed by atoms with van der Waals surface area (Å²) in [6.45, 7) is 0.165. The predicted octanol–water partition coefficient (Wildman–Crippen LogP) is 4.91. The molecule has 172 valence electrons. The first-order valence-corrected chi connectivity index (χ1v) is 12.1. The number of nitrogens with zero attached hydrogens (tertiary/aromatic N) is 4. The van der Waals surface area contributed by atoms with Crippen molar-refractivity contribution in [2.75, 3.05) is 13.7 Å². The molecule has 0 radical (unpaired) electrons. The van der Waals surface area contributed by atoms with Crippen LogP contribution in [-0.2, 0) is 6.42 Å². The first-order valence-electron chi connectivity index (χ1n) is 12.1. The molecule has 2 aromatic carbocycles. The topological polar surface area (TPSA) is 70.0 Å². The molecule has 33 heavy (non-hydrogen) atoms. The molecule has 2 N–H and O–H groups in total. The smallest absolute Gasteiger partial charge is 0.123 e. The average molecular weight is 444 g/mol. The summed E-state index contributed by atoms with van der Waals surface area (Å²) in [6.07, 6.45) is 12.9. The van der Waals surface area contributed by atoms with Crippen LogP contribution in [0.1, 0.15) is 49.3 Å². The molecule has 0 saturated heterocycles. The fourth-order valence-corrected chi connectivity index (χ4v) is 5.47. The number of fused-ring (bicyclic) bond motifs is 1. The van der Waals surface area contributed by atoms with Crippen molar-refractivity contribution in [3.63, 3.8) is 0 Å². The van der Waals surface area contributed by atoms with Crippen molar-refractivity contribution in [2.45, 2.75) is 50.6 Å². The van der Waals surface area contributed by atoms with Crippen molar-refractivity contribution >= 4 is 10.9 Å². The summed E-state index contributed by atoms with van der Waals surface area (Å²) in [5, 5.41) is 19.2. The standard InChI is InChI=1S/C27H33N5O/c1-31(27(17-33)21-5-3-2-4-6-21)23-11-8-20(9-12-23)7-10-22-16-28-26-14-13-24(15-25(22)26)32-18-29-30-19-32/h2-6,13-16,18-20,23,27-28,33H,7-12,17H2,1H3/t20-,23-,27-/m1/s1. The van der Waals surface area contributed by atoms with Crippen LogP contribution in [-0.4, -0.2) is 49.5 Å². The number of aliphatic hydroxyl groups is 1. The van der Waals surface area contributed by atoms with Gasteiger partial charge in [-0.2, -0.15) is 0 Å². The number of aryl methyl sites for hydroxylation is 1. The minimum Gasteiger partial charge on any atom is -0.394 e. The molecule has 6 heteroatoms. The molecule has 1 aliphatic rings. The van der Waals surface area contributed by atoms with E-state index < -0.39 is 0 Å².